The molecule has 0 saturated carbocycles. The van der Waals surface area contributed by atoms with Crippen molar-refractivity contribution in [3.05, 3.63) is 71.8 Å². The monoisotopic (exact) mass is 276 g/mol. The predicted molar refractivity (Wildman–Crippen MR) is 71.3 cm³/mol. The van der Waals surface area contributed by atoms with E-state index >= 15 is 0 Å². The fourth-order valence-corrected chi connectivity index (χ4v) is 1.58. The second kappa shape index (κ2) is 8.59. The molecule has 20 heavy (non-hydrogen) atoms. The van der Waals surface area contributed by atoms with Gasteiger partial charge in [-0.25, -0.2) is 0 Å². The Morgan fingerprint density at radius 1 is 1.05 bits per heavy atom. The van der Waals surface area contributed by atoms with Gasteiger partial charge in [0.05, 0.1) is 5.97 Å². The molecule has 0 aliphatic carbocycles. The van der Waals surface area contributed by atoms with Crippen molar-refractivity contribution in [3.8, 4) is 5.75 Å². The molecule has 0 atom stereocenters. The minimum absolute atomic E-state index is 0. The van der Waals surface area contributed by atoms with Crippen LogP contribution in [0.15, 0.2) is 60.7 Å². The second-order valence-corrected chi connectivity index (χ2v) is 4.00. The van der Waals surface area contributed by atoms with E-state index in [9.17, 15) is 9.90 Å². The van der Waals surface area contributed by atoms with E-state index in [1.807, 2.05) is 30.3 Å². The Bertz CT molecular complexity index is 562. The van der Waals surface area contributed by atoms with Gasteiger partial charge in [-0.3, -0.25) is 0 Å². The Morgan fingerprint density at radius 3 is 2.30 bits per heavy atom. The summed E-state index contributed by atoms with van der Waals surface area (Å²) < 4.78 is 5.62. The van der Waals surface area contributed by atoms with Crippen LogP contribution in [-0.2, 0) is 11.4 Å². The van der Waals surface area contributed by atoms with Crippen LogP contribution in [0.1, 0.15) is 11.1 Å². The van der Waals surface area contributed by atoms with Crippen molar-refractivity contribution in [2.24, 2.45) is 0 Å². The van der Waals surface area contributed by atoms with Crippen LogP contribution in [0.3, 0.4) is 0 Å². The molecule has 0 saturated heterocycles. The molecule has 0 heterocycles. The van der Waals surface area contributed by atoms with Gasteiger partial charge in [0.15, 0.2) is 0 Å². The molecule has 4 heteroatoms. The summed E-state index contributed by atoms with van der Waals surface area (Å²) in [5.74, 6) is -0.459. The van der Waals surface area contributed by atoms with E-state index in [2.05, 4.69) is 0 Å². The van der Waals surface area contributed by atoms with E-state index in [4.69, 9.17) is 4.74 Å². The van der Waals surface area contributed by atoms with Crippen LogP contribution in [-0.4, -0.2) is 5.97 Å². The molecule has 0 N–H and O–H groups in total. The van der Waals surface area contributed by atoms with Crippen molar-refractivity contribution in [1.82, 2.24) is 0 Å². The first-order valence-electron chi connectivity index (χ1n) is 5.90. The summed E-state index contributed by atoms with van der Waals surface area (Å²) in [6, 6.07) is 17.1. The molecule has 96 valence electrons. The molecule has 0 unspecified atom stereocenters. The van der Waals surface area contributed by atoms with Crippen LogP contribution < -0.4 is 39.4 Å². The molecule has 3 nitrogen and oxygen atoms in total. The quantitative estimate of drug-likeness (QED) is 0.522. The van der Waals surface area contributed by atoms with Gasteiger partial charge in [0.25, 0.3) is 0 Å². The number of aliphatic carboxylic acids is 1. The van der Waals surface area contributed by atoms with Crippen molar-refractivity contribution in [2.75, 3.05) is 0 Å². The molecule has 0 aliphatic rings. The number of hydrogen-bond donors (Lipinski definition) is 0. The third kappa shape index (κ3) is 5.61. The van der Waals surface area contributed by atoms with Gasteiger partial charge in [0.2, 0.25) is 0 Å². The topological polar surface area (TPSA) is 49.4 Å². The van der Waals surface area contributed by atoms with Crippen molar-refractivity contribution in [1.29, 1.82) is 0 Å². The van der Waals surface area contributed by atoms with Gasteiger partial charge >= 0.3 is 29.6 Å². The number of carbonyl (C=O) groups excluding carboxylic acids is 1. The Hall–Kier alpha value is -1.55. The van der Waals surface area contributed by atoms with Crippen LogP contribution in [0.4, 0.5) is 0 Å². The van der Waals surface area contributed by atoms with E-state index in [1.165, 1.54) is 6.08 Å². The summed E-state index contributed by atoms with van der Waals surface area (Å²) in [6.07, 6.45) is 2.48. The molecular weight excluding hydrogens is 263 g/mol. The molecule has 0 amide bonds. The Kier molecular flexibility index (Phi) is 7.09. The van der Waals surface area contributed by atoms with Gasteiger partial charge in [-0.2, -0.15) is 0 Å². The molecule has 2 aromatic rings. The van der Waals surface area contributed by atoms with Gasteiger partial charge in [0.1, 0.15) is 12.4 Å². The summed E-state index contributed by atoms with van der Waals surface area (Å²) in [6.45, 7) is 0.509. The number of carbonyl (C=O) groups is 1. The van der Waals surface area contributed by atoms with Crippen molar-refractivity contribution in [3.63, 3.8) is 0 Å². The number of ether oxygens (including phenoxy) is 1. The van der Waals surface area contributed by atoms with Crippen LogP contribution >= 0.6 is 0 Å². The maximum Gasteiger partial charge on any atom is 1.00 e. The van der Waals surface area contributed by atoms with Crippen molar-refractivity contribution >= 4 is 12.0 Å². The van der Waals surface area contributed by atoms with E-state index in [-0.39, 0.29) is 29.6 Å². The number of rotatable bonds is 5. The Balaban J connectivity index is 0.00000200. The summed E-state index contributed by atoms with van der Waals surface area (Å²) in [5, 5.41) is 10.3. The molecular formula is C16H13NaO3. The molecule has 0 aliphatic heterocycles. The number of carboxylic acid groups (broad SMARTS) is 1. The Labute approximate surface area is 140 Å². The average molecular weight is 276 g/mol. The van der Waals surface area contributed by atoms with Gasteiger partial charge in [-0.05, 0) is 29.3 Å². The SMILES string of the molecule is O=C([O-])/C=C/c1ccc(OCc2ccccc2)cc1.[Na+]. The molecule has 0 fully saturated rings. The van der Waals surface area contributed by atoms with Gasteiger partial charge in [-0.15, -0.1) is 0 Å². The number of carboxylic acids is 1. The van der Waals surface area contributed by atoms with Crippen LogP contribution in [0, 0.1) is 0 Å². The summed E-state index contributed by atoms with van der Waals surface area (Å²) in [5.41, 5.74) is 1.89. The third-order valence-corrected chi connectivity index (χ3v) is 2.54. The smallest absolute Gasteiger partial charge is 0.545 e. The zero-order valence-electron chi connectivity index (χ0n) is 11.3. The molecule has 0 aromatic heterocycles. The zero-order chi connectivity index (χ0) is 13.5. The van der Waals surface area contributed by atoms with Crippen LogP contribution in [0.2, 0.25) is 0 Å². The minimum Gasteiger partial charge on any atom is -0.545 e. The first-order valence-corrected chi connectivity index (χ1v) is 5.90. The molecule has 0 spiro atoms. The predicted octanol–water partition coefficient (Wildman–Crippen LogP) is -0.967. The molecule has 2 aromatic carbocycles. The summed E-state index contributed by atoms with van der Waals surface area (Å²) in [7, 11) is 0. The first-order chi connectivity index (χ1) is 9.24. The van der Waals surface area contributed by atoms with Crippen molar-refractivity contribution in [2.45, 2.75) is 6.61 Å². The van der Waals surface area contributed by atoms with Gasteiger partial charge in [-0.1, -0.05) is 48.5 Å². The van der Waals surface area contributed by atoms with Crippen LogP contribution in [0.25, 0.3) is 6.08 Å². The summed E-state index contributed by atoms with van der Waals surface area (Å²) in [4.78, 5) is 10.3. The first kappa shape index (κ1) is 16.5. The fraction of sp³-hybridized carbons (Fsp3) is 0.0625. The molecule has 2 rings (SSSR count). The third-order valence-electron chi connectivity index (χ3n) is 2.54. The van der Waals surface area contributed by atoms with E-state index in [0.717, 1.165) is 23.0 Å². The summed E-state index contributed by atoms with van der Waals surface area (Å²) >= 11 is 0. The molecule has 0 bridgehead atoms. The fourth-order valence-electron chi connectivity index (χ4n) is 1.58. The maximum atomic E-state index is 10.3. The zero-order valence-corrected chi connectivity index (χ0v) is 13.3. The number of hydrogen-bond acceptors (Lipinski definition) is 3. The standard InChI is InChI=1S/C16H14O3.Na/c17-16(18)11-8-13-6-9-15(10-7-13)19-12-14-4-2-1-3-5-14;/h1-11H,12H2,(H,17,18);/q;+1/p-1/b11-8+;. The van der Waals surface area contributed by atoms with Gasteiger partial charge in [0, 0.05) is 0 Å². The van der Waals surface area contributed by atoms with E-state index < -0.39 is 5.97 Å². The maximum absolute atomic E-state index is 10.3. The van der Waals surface area contributed by atoms with Crippen LogP contribution in [0.5, 0.6) is 5.75 Å². The minimum atomic E-state index is -1.20. The number of benzene rings is 2. The normalized spacial score (nSPS) is 10.0. The van der Waals surface area contributed by atoms with E-state index in [0.29, 0.717) is 6.61 Å². The second-order valence-electron chi connectivity index (χ2n) is 4.00. The molecule has 0 radical (unpaired) electrons. The largest absolute Gasteiger partial charge is 1.00 e. The van der Waals surface area contributed by atoms with E-state index in [1.54, 1.807) is 24.3 Å². The Morgan fingerprint density at radius 2 is 1.70 bits per heavy atom. The average Bonchev–Trinajstić information content (AvgIpc) is 2.45. The van der Waals surface area contributed by atoms with Gasteiger partial charge < -0.3 is 14.6 Å². The van der Waals surface area contributed by atoms with Crippen molar-refractivity contribution < 1.29 is 44.2 Å².